The van der Waals surface area contributed by atoms with E-state index in [-0.39, 0.29) is 17.0 Å². The Morgan fingerprint density at radius 2 is 1.96 bits per heavy atom. The molecule has 1 atom stereocenters. The molecule has 1 aliphatic heterocycles. The van der Waals surface area contributed by atoms with Gasteiger partial charge in [0.25, 0.3) is 0 Å². The maximum atomic E-state index is 11.8. The molecule has 0 saturated carbocycles. The normalized spacial score (nSPS) is 20.4. The van der Waals surface area contributed by atoms with Crippen molar-refractivity contribution in [1.29, 1.82) is 0 Å². The van der Waals surface area contributed by atoms with E-state index in [4.69, 9.17) is 5.73 Å². The van der Waals surface area contributed by atoms with Crippen LogP contribution in [0.1, 0.15) is 12.5 Å². The second-order valence-electron chi connectivity index (χ2n) is 6.76. The number of anilines is 1. The third kappa shape index (κ3) is 3.17. The Balaban J connectivity index is 1.54. The summed E-state index contributed by atoms with van der Waals surface area (Å²) in [7, 11) is -2.92. The number of hydrogen-bond acceptors (Lipinski definition) is 6. The minimum Gasteiger partial charge on any atom is -0.366 e. The SMILES string of the molecule is CC1CN(Cc2ccc(-c3cccc4nc(N)nn34)cc2)CCS1(=O)=O. The van der Waals surface area contributed by atoms with E-state index in [0.29, 0.717) is 18.7 Å². The van der Waals surface area contributed by atoms with Crippen molar-refractivity contribution in [3.05, 3.63) is 48.0 Å². The molecule has 4 rings (SSSR count). The summed E-state index contributed by atoms with van der Waals surface area (Å²) < 4.78 is 25.4. The van der Waals surface area contributed by atoms with Gasteiger partial charge in [-0.1, -0.05) is 30.3 Å². The fourth-order valence-electron chi connectivity index (χ4n) is 3.35. The van der Waals surface area contributed by atoms with Gasteiger partial charge in [-0.05, 0) is 24.6 Å². The first kappa shape index (κ1) is 17.0. The van der Waals surface area contributed by atoms with Crippen molar-refractivity contribution >= 4 is 21.4 Å². The number of nitrogens with two attached hydrogens (primary N) is 1. The van der Waals surface area contributed by atoms with Gasteiger partial charge in [0.1, 0.15) is 0 Å². The summed E-state index contributed by atoms with van der Waals surface area (Å²) in [6, 6.07) is 14.0. The van der Waals surface area contributed by atoms with Crippen molar-refractivity contribution in [2.45, 2.75) is 18.7 Å². The molecule has 0 spiro atoms. The highest BCUT2D eigenvalue weighted by Gasteiger charge is 2.29. The zero-order chi connectivity index (χ0) is 18.3. The molecule has 8 heteroatoms. The van der Waals surface area contributed by atoms with Crippen LogP contribution in [-0.4, -0.2) is 52.0 Å². The van der Waals surface area contributed by atoms with Crippen molar-refractivity contribution in [2.24, 2.45) is 0 Å². The maximum Gasteiger partial charge on any atom is 0.240 e. The average molecular weight is 371 g/mol. The van der Waals surface area contributed by atoms with Gasteiger partial charge in [0.05, 0.1) is 16.7 Å². The molecule has 1 aromatic carbocycles. The molecule has 1 unspecified atom stereocenters. The van der Waals surface area contributed by atoms with E-state index in [2.05, 4.69) is 27.1 Å². The van der Waals surface area contributed by atoms with Crippen LogP contribution in [0, 0.1) is 0 Å². The van der Waals surface area contributed by atoms with Gasteiger partial charge in [-0.3, -0.25) is 4.90 Å². The highest BCUT2D eigenvalue weighted by atomic mass is 32.2. The molecular formula is C18H21N5O2S. The molecule has 3 aromatic rings. The Hall–Kier alpha value is -2.45. The van der Waals surface area contributed by atoms with Crippen LogP contribution < -0.4 is 5.73 Å². The lowest BCUT2D eigenvalue weighted by Crippen LogP contribution is -2.44. The smallest absolute Gasteiger partial charge is 0.240 e. The zero-order valence-corrected chi connectivity index (χ0v) is 15.4. The molecule has 1 saturated heterocycles. The molecule has 136 valence electrons. The summed E-state index contributed by atoms with van der Waals surface area (Å²) in [5.41, 5.74) is 9.53. The van der Waals surface area contributed by atoms with E-state index < -0.39 is 9.84 Å². The number of hydrogen-bond donors (Lipinski definition) is 1. The molecule has 1 aliphatic rings. The molecule has 0 radical (unpaired) electrons. The van der Waals surface area contributed by atoms with Crippen molar-refractivity contribution in [1.82, 2.24) is 19.5 Å². The van der Waals surface area contributed by atoms with Crippen LogP contribution >= 0.6 is 0 Å². The first-order chi connectivity index (χ1) is 12.4. The fourth-order valence-corrected chi connectivity index (χ4v) is 4.70. The molecule has 0 aliphatic carbocycles. The van der Waals surface area contributed by atoms with Crippen molar-refractivity contribution < 1.29 is 8.42 Å². The molecular weight excluding hydrogens is 350 g/mol. The number of sulfone groups is 1. The third-order valence-electron chi connectivity index (χ3n) is 4.85. The number of nitrogens with zero attached hydrogens (tertiary/aromatic N) is 4. The largest absolute Gasteiger partial charge is 0.366 e. The topological polar surface area (TPSA) is 93.6 Å². The van der Waals surface area contributed by atoms with Crippen molar-refractivity contribution in [3.63, 3.8) is 0 Å². The molecule has 0 amide bonds. The molecule has 1 fully saturated rings. The summed E-state index contributed by atoms with van der Waals surface area (Å²) in [6.07, 6.45) is 0. The van der Waals surface area contributed by atoms with Gasteiger partial charge in [0, 0.05) is 25.2 Å². The number of rotatable bonds is 3. The number of pyridine rings is 1. The van der Waals surface area contributed by atoms with Crippen LogP contribution in [0.2, 0.25) is 0 Å². The van der Waals surface area contributed by atoms with Gasteiger partial charge in [0.2, 0.25) is 5.95 Å². The second-order valence-corrected chi connectivity index (χ2v) is 9.30. The lowest BCUT2D eigenvalue weighted by Gasteiger charge is -2.30. The monoisotopic (exact) mass is 371 g/mol. The number of benzene rings is 1. The number of aromatic nitrogens is 3. The first-order valence-electron chi connectivity index (χ1n) is 8.57. The van der Waals surface area contributed by atoms with E-state index in [1.54, 1.807) is 11.4 Å². The second kappa shape index (κ2) is 6.37. The van der Waals surface area contributed by atoms with E-state index in [1.165, 1.54) is 0 Å². The van der Waals surface area contributed by atoms with E-state index in [9.17, 15) is 8.42 Å². The maximum absolute atomic E-state index is 11.8. The lowest BCUT2D eigenvalue weighted by atomic mass is 10.1. The van der Waals surface area contributed by atoms with E-state index >= 15 is 0 Å². The van der Waals surface area contributed by atoms with Gasteiger partial charge in [0.15, 0.2) is 15.5 Å². The summed E-state index contributed by atoms with van der Waals surface area (Å²) in [6.45, 7) is 3.71. The minimum atomic E-state index is -2.92. The van der Waals surface area contributed by atoms with Gasteiger partial charge in [-0.25, -0.2) is 12.9 Å². The highest BCUT2D eigenvalue weighted by molar-refractivity contribution is 7.92. The standard InChI is InChI=1S/C18H21N5O2S/c1-13-11-22(9-10-26(13,24)25)12-14-5-7-15(8-6-14)16-3-2-4-17-20-18(19)21-23(16)17/h2-8,13H,9-12H2,1H3,(H2,19,21). The Morgan fingerprint density at radius 3 is 2.69 bits per heavy atom. The van der Waals surface area contributed by atoms with Crippen LogP contribution in [0.3, 0.4) is 0 Å². The molecule has 26 heavy (non-hydrogen) atoms. The van der Waals surface area contributed by atoms with E-state index in [0.717, 1.165) is 23.4 Å². The first-order valence-corrected chi connectivity index (χ1v) is 10.3. The Kier molecular flexibility index (Phi) is 4.16. The minimum absolute atomic E-state index is 0.238. The van der Waals surface area contributed by atoms with Crippen LogP contribution in [0.4, 0.5) is 5.95 Å². The summed E-state index contributed by atoms with van der Waals surface area (Å²) in [4.78, 5) is 6.38. The van der Waals surface area contributed by atoms with Gasteiger partial charge >= 0.3 is 0 Å². The fraction of sp³-hybridized carbons (Fsp3) is 0.333. The van der Waals surface area contributed by atoms with Crippen LogP contribution in [0.15, 0.2) is 42.5 Å². The molecule has 2 aromatic heterocycles. The predicted octanol–water partition coefficient (Wildman–Crippen LogP) is 1.60. The summed E-state index contributed by atoms with van der Waals surface area (Å²) >= 11 is 0. The van der Waals surface area contributed by atoms with Crippen molar-refractivity contribution in [3.8, 4) is 11.3 Å². The van der Waals surface area contributed by atoms with Gasteiger partial charge < -0.3 is 5.73 Å². The average Bonchev–Trinajstić information content (AvgIpc) is 2.99. The van der Waals surface area contributed by atoms with Crippen molar-refractivity contribution in [2.75, 3.05) is 24.6 Å². The van der Waals surface area contributed by atoms with Crippen LogP contribution in [-0.2, 0) is 16.4 Å². The molecule has 3 heterocycles. The van der Waals surface area contributed by atoms with Crippen LogP contribution in [0.25, 0.3) is 16.9 Å². The Labute approximate surface area is 152 Å². The van der Waals surface area contributed by atoms with Gasteiger partial charge in [-0.15, -0.1) is 5.10 Å². The highest BCUT2D eigenvalue weighted by Crippen LogP contribution is 2.22. The molecule has 2 N–H and O–H groups in total. The summed E-state index contributed by atoms with van der Waals surface area (Å²) in [5, 5.41) is 3.95. The number of nitrogen functional groups attached to an aromatic ring is 1. The molecule has 0 bridgehead atoms. The Bertz CT molecular complexity index is 1040. The zero-order valence-electron chi connectivity index (χ0n) is 14.5. The predicted molar refractivity (Wildman–Crippen MR) is 101 cm³/mol. The Morgan fingerprint density at radius 1 is 1.19 bits per heavy atom. The van der Waals surface area contributed by atoms with Crippen LogP contribution in [0.5, 0.6) is 0 Å². The quantitative estimate of drug-likeness (QED) is 0.752. The third-order valence-corrected chi connectivity index (χ3v) is 6.98. The van der Waals surface area contributed by atoms with Gasteiger partial charge in [-0.2, -0.15) is 4.98 Å². The van der Waals surface area contributed by atoms with E-state index in [1.807, 2.05) is 30.3 Å². The number of fused-ring (bicyclic) bond motifs is 1. The molecule has 7 nitrogen and oxygen atoms in total. The summed E-state index contributed by atoms with van der Waals surface area (Å²) in [5.74, 6) is 0.491. The lowest BCUT2D eigenvalue weighted by molar-refractivity contribution is 0.270.